The van der Waals surface area contributed by atoms with Crippen molar-refractivity contribution in [1.29, 1.82) is 0 Å². The molecule has 2 heterocycles. The molecule has 2 aromatic carbocycles. The average molecular weight is 424 g/mol. The molecule has 27 heavy (non-hydrogen) atoms. The van der Waals surface area contributed by atoms with E-state index in [1.54, 1.807) is 10.6 Å². The van der Waals surface area contributed by atoms with Crippen molar-refractivity contribution in [2.45, 2.75) is 19.9 Å². The molecular weight excluding hydrogens is 406 g/mol. The molecule has 0 N–H and O–H groups in total. The third kappa shape index (κ3) is 2.80. The van der Waals surface area contributed by atoms with Gasteiger partial charge in [0.1, 0.15) is 11.2 Å². The number of fused-ring (bicyclic) bond motifs is 2. The van der Waals surface area contributed by atoms with Crippen LogP contribution < -0.4 is 11.0 Å². The molecule has 0 amide bonds. The minimum Gasteiger partial charge on any atom is -0.328 e. The van der Waals surface area contributed by atoms with Crippen molar-refractivity contribution in [1.82, 2.24) is 14.1 Å². The van der Waals surface area contributed by atoms with E-state index in [-0.39, 0.29) is 16.4 Å². The number of pyridine rings is 1. The highest BCUT2D eigenvalue weighted by Crippen LogP contribution is 2.23. The van der Waals surface area contributed by atoms with Crippen LogP contribution in [0.1, 0.15) is 13.3 Å². The first-order chi connectivity index (χ1) is 13.0. The molecule has 0 fully saturated rings. The summed E-state index contributed by atoms with van der Waals surface area (Å²) in [6, 6.07) is 15.0. The maximum absolute atomic E-state index is 13.3. The minimum atomic E-state index is -0.289. The summed E-state index contributed by atoms with van der Waals surface area (Å²) < 4.78 is 4.34. The van der Waals surface area contributed by atoms with Crippen molar-refractivity contribution in [2.24, 2.45) is 7.05 Å². The normalized spacial score (nSPS) is 11.4. The Bertz CT molecular complexity index is 1300. The highest BCUT2D eigenvalue weighted by Gasteiger charge is 2.18. The highest BCUT2D eigenvalue weighted by molar-refractivity contribution is 9.10. The van der Waals surface area contributed by atoms with Crippen molar-refractivity contribution < 1.29 is 0 Å². The van der Waals surface area contributed by atoms with Crippen LogP contribution in [0.5, 0.6) is 0 Å². The molecule has 0 bridgehead atoms. The van der Waals surface area contributed by atoms with Gasteiger partial charge in [0, 0.05) is 29.0 Å². The van der Waals surface area contributed by atoms with Crippen LogP contribution in [0.3, 0.4) is 0 Å². The van der Waals surface area contributed by atoms with Gasteiger partial charge in [0.25, 0.3) is 5.56 Å². The minimum absolute atomic E-state index is 0.142. The summed E-state index contributed by atoms with van der Waals surface area (Å²) in [5.41, 5.74) is 1.45. The number of halogens is 1. The predicted octanol–water partition coefficient (Wildman–Crippen LogP) is 4.09. The van der Waals surface area contributed by atoms with Gasteiger partial charge >= 0.3 is 0 Å². The molecule has 4 rings (SSSR count). The van der Waals surface area contributed by atoms with E-state index in [9.17, 15) is 9.59 Å². The molecule has 0 atom stereocenters. The lowest BCUT2D eigenvalue weighted by Crippen LogP contribution is -2.29. The first kappa shape index (κ1) is 17.7. The average Bonchev–Trinajstić information content (AvgIpc) is 2.67. The zero-order chi connectivity index (χ0) is 19.1. The third-order valence-electron chi connectivity index (χ3n) is 4.73. The fraction of sp³-hybridized carbons (Fsp3) is 0.190. The van der Waals surface area contributed by atoms with Gasteiger partial charge < -0.3 is 4.57 Å². The predicted molar refractivity (Wildman–Crippen MR) is 112 cm³/mol. The molecule has 6 heteroatoms. The standard InChI is InChI=1S/C21H18BrN3O2/c1-3-11-25-19(13-7-6-8-14(22)12-13)23-20-17(21(25)27)18(26)15-9-4-5-10-16(15)24(20)2/h4-10,12H,3,11H2,1-2H3. The van der Waals surface area contributed by atoms with Gasteiger partial charge in [-0.2, -0.15) is 0 Å². The van der Waals surface area contributed by atoms with E-state index < -0.39 is 0 Å². The van der Waals surface area contributed by atoms with Crippen LogP contribution in [0.25, 0.3) is 33.3 Å². The summed E-state index contributed by atoms with van der Waals surface area (Å²) in [6.45, 7) is 2.50. The molecule has 0 aliphatic carbocycles. The molecule has 0 radical (unpaired) electrons. The number of aromatic nitrogens is 3. The molecule has 136 valence electrons. The number of rotatable bonds is 3. The Hall–Kier alpha value is -2.73. The third-order valence-corrected chi connectivity index (χ3v) is 5.23. The van der Waals surface area contributed by atoms with E-state index in [0.717, 1.165) is 22.0 Å². The lowest BCUT2D eigenvalue weighted by molar-refractivity contribution is 0.654. The number of benzene rings is 2. The molecule has 0 saturated carbocycles. The topological polar surface area (TPSA) is 56.9 Å². The van der Waals surface area contributed by atoms with Gasteiger partial charge in [0.15, 0.2) is 5.65 Å². The summed E-state index contributed by atoms with van der Waals surface area (Å²) in [7, 11) is 1.84. The van der Waals surface area contributed by atoms with Crippen molar-refractivity contribution in [3.8, 4) is 11.4 Å². The number of aryl methyl sites for hydroxylation is 1. The second-order valence-corrected chi connectivity index (χ2v) is 7.42. The molecule has 5 nitrogen and oxygen atoms in total. The maximum Gasteiger partial charge on any atom is 0.267 e. The van der Waals surface area contributed by atoms with Crippen LogP contribution in [0.2, 0.25) is 0 Å². The molecular formula is C21H18BrN3O2. The van der Waals surface area contributed by atoms with E-state index in [2.05, 4.69) is 15.9 Å². The lowest BCUT2D eigenvalue weighted by atomic mass is 10.1. The fourth-order valence-corrected chi connectivity index (χ4v) is 3.87. The van der Waals surface area contributed by atoms with E-state index in [4.69, 9.17) is 4.98 Å². The van der Waals surface area contributed by atoms with Crippen LogP contribution in [-0.4, -0.2) is 14.1 Å². The van der Waals surface area contributed by atoms with Gasteiger partial charge in [-0.1, -0.05) is 47.1 Å². The van der Waals surface area contributed by atoms with Crippen LogP contribution in [-0.2, 0) is 13.6 Å². The van der Waals surface area contributed by atoms with E-state index in [1.165, 1.54) is 0 Å². The van der Waals surface area contributed by atoms with Crippen molar-refractivity contribution >= 4 is 37.9 Å². The SMILES string of the molecule is CCCn1c(-c2cccc(Br)c2)nc2c(c(=O)c3ccccc3n2C)c1=O. The van der Waals surface area contributed by atoms with Crippen molar-refractivity contribution in [3.63, 3.8) is 0 Å². The molecule has 0 aliphatic rings. The van der Waals surface area contributed by atoms with Gasteiger partial charge in [-0.05, 0) is 30.7 Å². The zero-order valence-corrected chi connectivity index (χ0v) is 16.7. The lowest BCUT2D eigenvalue weighted by Gasteiger charge is -2.16. The Morgan fingerprint density at radius 2 is 1.85 bits per heavy atom. The van der Waals surface area contributed by atoms with Crippen LogP contribution in [0.4, 0.5) is 0 Å². The first-order valence-electron chi connectivity index (χ1n) is 8.81. The molecule has 0 unspecified atom stereocenters. The Morgan fingerprint density at radius 3 is 2.59 bits per heavy atom. The summed E-state index contributed by atoms with van der Waals surface area (Å²) in [6.07, 6.45) is 0.766. The number of para-hydroxylation sites is 1. The fourth-order valence-electron chi connectivity index (χ4n) is 3.47. The van der Waals surface area contributed by atoms with Crippen molar-refractivity contribution in [3.05, 3.63) is 73.6 Å². The largest absolute Gasteiger partial charge is 0.328 e. The van der Waals surface area contributed by atoms with Gasteiger partial charge in [0.05, 0.1) is 5.52 Å². The van der Waals surface area contributed by atoms with Gasteiger partial charge in [-0.25, -0.2) is 4.98 Å². The van der Waals surface area contributed by atoms with Crippen LogP contribution in [0.15, 0.2) is 62.6 Å². The van der Waals surface area contributed by atoms with Gasteiger partial charge in [-0.3, -0.25) is 14.2 Å². The van der Waals surface area contributed by atoms with Crippen LogP contribution in [0, 0.1) is 0 Å². The molecule has 4 aromatic rings. The summed E-state index contributed by atoms with van der Waals surface area (Å²) >= 11 is 3.48. The second-order valence-electron chi connectivity index (χ2n) is 6.51. The molecule has 0 aliphatic heterocycles. The smallest absolute Gasteiger partial charge is 0.267 e. The van der Waals surface area contributed by atoms with Crippen LogP contribution >= 0.6 is 15.9 Å². The van der Waals surface area contributed by atoms with E-state index >= 15 is 0 Å². The quantitative estimate of drug-likeness (QED) is 0.466. The summed E-state index contributed by atoms with van der Waals surface area (Å²) in [4.78, 5) is 31.1. The Kier molecular flexibility index (Phi) is 4.44. The van der Waals surface area contributed by atoms with E-state index in [0.29, 0.717) is 23.4 Å². The van der Waals surface area contributed by atoms with Gasteiger partial charge in [-0.15, -0.1) is 0 Å². The van der Waals surface area contributed by atoms with Crippen molar-refractivity contribution in [2.75, 3.05) is 0 Å². The zero-order valence-electron chi connectivity index (χ0n) is 15.1. The number of hydrogen-bond donors (Lipinski definition) is 0. The second kappa shape index (κ2) is 6.78. The molecule has 0 saturated heterocycles. The molecule has 2 aromatic heterocycles. The summed E-state index contributed by atoms with van der Waals surface area (Å²) in [5, 5.41) is 0.674. The van der Waals surface area contributed by atoms with Gasteiger partial charge in [0.2, 0.25) is 5.43 Å². The highest BCUT2D eigenvalue weighted by atomic mass is 79.9. The monoisotopic (exact) mass is 423 g/mol. The Morgan fingerprint density at radius 1 is 1.07 bits per heavy atom. The summed E-state index contributed by atoms with van der Waals surface area (Å²) in [5.74, 6) is 0.570. The maximum atomic E-state index is 13.3. The number of hydrogen-bond acceptors (Lipinski definition) is 3. The Balaban J connectivity index is 2.21. The van der Waals surface area contributed by atoms with E-state index in [1.807, 2.05) is 61.0 Å². The number of nitrogens with zero attached hydrogens (tertiary/aromatic N) is 3. The Labute approximate surface area is 164 Å². The first-order valence-corrected chi connectivity index (χ1v) is 9.60. The molecule has 0 spiro atoms.